The number of carbonyl (C=O) groups is 1. The molecule has 0 atom stereocenters. The summed E-state index contributed by atoms with van der Waals surface area (Å²) in [6, 6.07) is 3.88. The predicted octanol–water partition coefficient (Wildman–Crippen LogP) is 1.42. The summed E-state index contributed by atoms with van der Waals surface area (Å²) in [5.74, 6) is -0.450. The number of pyridine rings is 1. The summed E-state index contributed by atoms with van der Waals surface area (Å²) in [7, 11) is 0. The SMILES string of the molecule is C/C=C(\N)C(=O)OCCCc1cccnc1. The molecule has 0 saturated heterocycles. The van der Waals surface area contributed by atoms with Crippen LogP contribution in [0.1, 0.15) is 18.9 Å². The summed E-state index contributed by atoms with van der Waals surface area (Å²) in [5.41, 5.74) is 6.68. The van der Waals surface area contributed by atoms with Crippen molar-refractivity contribution < 1.29 is 9.53 Å². The van der Waals surface area contributed by atoms with Crippen LogP contribution < -0.4 is 5.73 Å². The van der Waals surface area contributed by atoms with Crippen LogP contribution in [0.4, 0.5) is 0 Å². The molecule has 0 bridgehead atoms. The maximum atomic E-state index is 11.2. The van der Waals surface area contributed by atoms with E-state index in [0.29, 0.717) is 6.61 Å². The highest BCUT2D eigenvalue weighted by atomic mass is 16.5. The number of esters is 1. The van der Waals surface area contributed by atoms with Crippen LogP contribution in [-0.4, -0.2) is 17.6 Å². The Kier molecular flexibility index (Phi) is 5.05. The fourth-order valence-electron chi connectivity index (χ4n) is 1.19. The first kappa shape index (κ1) is 12.2. The number of allylic oxidation sites excluding steroid dienone is 1. The molecule has 1 rings (SSSR count). The van der Waals surface area contributed by atoms with Crippen LogP contribution in [0.5, 0.6) is 0 Å². The molecule has 16 heavy (non-hydrogen) atoms. The molecule has 0 unspecified atom stereocenters. The summed E-state index contributed by atoms with van der Waals surface area (Å²) in [5, 5.41) is 0. The van der Waals surface area contributed by atoms with Gasteiger partial charge in [0.2, 0.25) is 0 Å². The monoisotopic (exact) mass is 220 g/mol. The maximum absolute atomic E-state index is 11.2. The first-order valence-electron chi connectivity index (χ1n) is 5.22. The molecule has 0 amide bonds. The van der Waals surface area contributed by atoms with E-state index in [-0.39, 0.29) is 5.70 Å². The second kappa shape index (κ2) is 6.61. The molecule has 4 heteroatoms. The smallest absolute Gasteiger partial charge is 0.353 e. The lowest BCUT2D eigenvalue weighted by molar-refractivity contribution is -0.139. The van der Waals surface area contributed by atoms with Crippen LogP contribution in [0.2, 0.25) is 0 Å². The van der Waals surface area contributed by atoms with Gasteiger partial charge in [-0.15, -0.1) is 0 Å². The number of aryl methyl sites for hydroxylation is 1. The minimum Gasteiger partial charge on any atom is -0.461 e. The van der Waals surface area contributed by atoms with E-state index in [1.165, 1.54) is 6.08 Å². The number of nitrogens with zero attached hydrogens (tertiary/aromatic N) is 1. The van der Waals surface area contributed by atoms with Crippen molar-refractivity contribution in [3.8, 4) is 0 Å². The highest BCUT2D eigenvalue weighted by molar-refractivity contribution is 5.87. The van der Waals surface area contributed by atoms with Crippen LogP contribution in [0.25, 0.3) is 0 Å². The van der Waals surface area contributed by atoms with Gasteiger partial charge in [0.15, 0.2) is 0 Å². The normalized spacial score (nSPS) is 11.2. The van der Waals surface area contributed by atoms with Crippen LogP contribution in [0, 0.1) is 0 Å². The quantitative estimate of drug-likeness (QED) is 0.463. The third kappa shape index (κ3) is 4.13. The van der Waals surface area contributed by atoms with Crippen molar-refractivity contribution >= 4 is 5.97 Å². The highest BCUT2D eigenvalue weighted by Crippen LogP contribution is 2.01. The molecule has 2 N–H and O–H groups in total. The number of nitrogens with two attached hydrogens (primary N) is 1. The first-order chi connectivity index (χ1) is 7.74. The van der Waals surface area contributed by atoms with Gasteiger partial charge in [0.1, 0.15) is 5.70 Å². The third-order valence-corrected chi connectivity index (χ3v) is 2.11. The number of rotatable bonds is 5. The van der Waals surface area contributed by atoms with E-state index in [0.717, 1.165) is 18.4 Å². The van der Waals surface area contributed by atoms with Crippen LogP contribution in [-0.2, 0) is 16.0 Å². The van der Waals surface area contributed by atoms with E-state index in [2.05, 4.69) is 4.98 Å². The van der Waals surface area contributed by atoms with Crippen LogP contribution in [0.15, 0.2) is 36.3 Å². The predicted molar refractivity (Wildman–Crippen MR) is 61.5 cm³/mol. The maximum Gasteiger partial charge on any atom is 0.353 e. The molecule has 1 aromatic rings. The molecule has 0 aliphatic heterocycles. The molecular weight excluding hydrogens is 204 g/mol. The number of carbonyl (C=O) groups excluding carboxylic acids is 1. The number of ether oxygens (including phenoxy) is 1. The molecule has 4 nitrogen and oxygen atoms in total. The minimum absolute atomic E-state index is 0.154. The van der Waals surface area contributed by atoms with Crippen molar-refractivity contribution in [3.63, 3.8) is 0 Å². The Morgan fingerprint density at radius 3 is 3.06 bits per heavy atom. The first-order valence-corrected chi connectivity index (χ1v) is 5.22. The fraction of sp³-hybridized carbons (Fsp3) is 0.333. The standard InChI is InChI=1S/C12H16N2O2/c1-2-11(13)12(15)16-8-4-6-10-5-3-7-14-9-10/h2-3,5,7,9H,4,6,8,13H2,1H3/b11-2-. The Morgan fingerprint density at radius 2 is 2.44 bits per heavy atom. The van der Waals surface area contributed by atoms with Gasteiger partial charge in [-0.25, -0.2) is 4.79 Å². The minimum atomic E-state index is -0.450. The molecule has 0 radical (unpaired) electrons. The second-order valence-corrected chi connectivity index (χ2v) is 3.34. The molecule has 0 saturated carbocycles. The van der Waals surface area contributed by atoms with Crippen molar-refractivity contribution in [2.75, 3.05) is 6.61 Å². The van der Waals surface area contributed by atoms with E-state index < -0.39 is 5.97 Å². The molecule has 0 spiro atoms. The Morgan fingerprint density at radius 1 is 1.62 bits per heavy atom. The second-order valence-electron chi connectivity index (χ2n) is 3.34. The lowest BCUT2D eigenvalue weighted by Gasteiger charge is -2.04. The number of hydrogen-bond donors (Lipinski definition) is 1. The topological polar surface area (TPSA) is 65.2 Å². The van der Waals surface area contributed by atoms with Gasteiger partial charge in [-0.2, -0.15) is 0 Å². The molecule has 0 aliphatic carbocycles. The molecule has 1 heterocycles. The van der Waals surface area contributed by atoms with Gasteiger partial charge in [-0.05, 0) is 31.4 Å². The van der Waals surface area contributed by atoms with Crippen molar-refractivity contribution in [1.82, 2.24) is 4.98 Å². The Hall–Kier alpha value is -1.84. The summed E-state index contributed by atoms with van der Waals surface area (Å²) in [4.78, 5) is 15.2. The summed E-state index contributed by atoms with van der Waals surface area (Å²) < 4.78 is 4.96. The van der Waals surface area contributed by atoms with Crippen LogP contribution in [0.3, 0.4) is 0 Å². The van der Waals surface area contributed by atoms with Gasteiger partial charge >= 0.3 is 5.97 Å². The van der Waals surface area contributed by atoms with Gasteiger partial charge in [-0.3, -0.25) is 4.98 Å². The highest BCUT2D eigenvalue weighted by Gasteiger charge is 2.04. The van der Waals surface area contributed by atoms with Crippen molar-refractivity contribution in [2.24, 2.45) is 5.73 Å². The molecule has 86 valence electrons. The molecule has 0 aliphatic rings. The van der Waals surface area contributed by atoms with E-state index >= 15 is 0 Å². The summed E-state index contributed by atoms with van der Waals surface area (Å²) >= 11 is 0. The van der Waals surface area contributed by atoms with E-state index in [1.807, 2.05) is 18.3 Å². The molecule has 0 fully saturated rings. The van der Waals surface area contributed by atoms with Crippen molar-refractivity contribution in [2.45, 2.75) is 19.8 Å². The summed E-state index contributed by atoms with van der Waals surface area (Å²) in [6.45, 7) is 2.08. The van der Waals surface area contributed by atoms with E-state index in [4.69, 9.17) is 10.5 Å². The van der Waals surface area contributed by atoms with Gasteiger partial charge in [-0.1, -0.05) is 12.1 Å². The number of aromatic nitrogens is 1. The van der Waals surface area contributed by atoms with Crippen molar-refractivity contribution in [1.29, 1.82) is 0 Å². The lowest BCUT2D eigenvalue weighted by Crippen LogP contribution is -2.15. The Balaban J connectivity index is 2.20. The zero-order valence-corrected chi connectivity index (χ0v) is 9.35. The molecular formula is C12H16N2O2. The van der Waals surface area contributed by atoms with Gasteiger partial charge in [0.25, 0.3) is 0 Å². The van der Waals surface area contributed by atoms with Gasteiger partial charge in [0.05, 0.1) is 6.61 Å². The Labute approximate surface area is 95.1 Å². The molecule has 0 aromatic carbocycles. The van der Waals surface area contributed by atoms with Gasteiger partial charge < -0.3 is 10.5 Å². The van der Waals surface area contributed by atoms with Crippen LogP contribution >= 0.6 is 0 Å². The van der Waals surface area contributed by atoms with Crippen molar-refractivity contribution in [3.05, 3.63) is 41.9 Å². The average molecular weight is 220 g/mol. The Bertz CT molecular complexity index is 361. The lowest BCUT2D eigenvalue weighted by atomic mass is 10.2. The third-order valence-electron chi connectivity index (χ3n) is 2.11. The van der Waals surface area contributed by atoms with E-state index in [9.17, 15) is 4.79 Å². The average Bonchev–Trinajstić information content (AvgIpc) is 2.34. The number of hydrogen-bond acceptors (Lipinski definition) is 4. The summed E-state index contributed by atoms with van der Waals surface area (Å²) in [6.07, 6.45) is 6.69. The zero-order chi connectivity index (χ0) is 11.8. The zero-order valence-electron chi connectivity index (χ0n) is 9.35. The fourth-order valence-corrected chi connectivity index (χ4v) is 1.19. The van der Waals surface area contributed by atoms with Gasteiger partial charge in [0, 0.05) is 12.4 Å². The van der Waals surface area contributed by atoms with E-state index in [1.54, 1.807) is 13.1 Å². The molecule has 1 aromatic heterocycles. The largest absolute Gasteiger partial charge is 0.461 e.